The van der Waals surface area contributed by atoms with E-state index in [0.29, 0.717) is 28.0 Å². The number of pyridine rings is 1. The summed E-state index contributed by atoms with van der Waals surface area (Å²) in [5.74, 6) is -2.84. The monoisotopic (exact) mass is 303 g/mol. The smallest absolute Gasteiger partial charge is 0.281 e. The summed E-state index contributed by atoms with van der Waals surface area (Å²) in [5.41, 5.74) is 7.65. The Labute approximate surface area is 126 Å². The molecule has 1 saturated heterocycles. The minimum Gasteiger partial charge on any atom is -0.396 e. The third-order valence-electron chi connectivity index (χ3n) is 3.81. The maximum absolute atomic E-state index is 14.0. The van der Waals surface area contributed by atoms with Crippen molar-refractivity contribution in [3.63, 3.8) is 0 Å². The number of benzene rings is 1. The molecular weight excluding hydrogens is 288 g/mol. The summed E-state index contributed by atoms with van der Waals surface area (Å²) in [4.78, 5) is 9.11. The standard InChI is InChI=1S/C15H15F2N5/c1-19-9-3-4-12-10(5-9)14(11(18)6-20-12)21-13-7-22(2)8-15(13,16)17/h3-6,13H,7-8,18H2,2H3,(H,20,21). The number of nitrogen functional groups attached to an aromatic ring is 1. The van der Waals surface area contributed by atoms with E-state index in [1.165, 1.54) is 6.20 Å². The van der Waals surface area contributed by atoms with E-state index in [0.717, 1.165) is 0 Å². The molecule has 0 aliphatic carbocycles. The Kier molecular flexibility index (Phi) is 3.34. The van der Waals surface area contributed by atoms with Crippen LogP contribution in [0, 0.1) is 6.57 Å². The molecule has 3 N–H and O–H groups in total. The number of alkyl halides is 2. The molecule has 1 aromatic carbocycles. The highest BCUT2D eigenvalue weighted by atomic mass is 19.3. The van der Waals surface area contributed by atoms with Crippen molar-refractivity contribution < 1.29 is 8.78 Å². The quantitative estimate of drug-likeness (QED) is 0.838. The van der Waals surface area contributed by atoms with Crippen LogP contribution in [0.15, 0.2) is 24.4 Å². The lowest BCUT2D eigenvalue weighted by Gasteiger charge is -2.22. The molecule has 1 atom stereocenters. The molecule has 1 fully saturated rings. The second kappa shape index (κ2) is 5.07. The van der Waals surface area contributed by atoms with Crippen LogP contribution < -0.4 is 11.1 Å². The van der Waals surface area contributed by atoms with Gasteiger partial charge in [-0.05, 0) is 19.2 Å². The van der Waals surface area contributed by atoms with Crippen LogP contribution in [0.25, 0.3) is 15.7 Å². The van der Waals surface area contributed by atoms with E-state index in [4.69, 9.17) is 12.3 Å². The minimum absolute atomic E-state index is 0.221. The van der Waals surface area contributed by atoms with E-state index in [-0.39, 0.29) is 13.1 Å². The summed E-state index contributed by atoms with van der Waals surface area (Å²) >= 11 is 0. The average molecular weight is 303 g/mol. The first-order chi connectivity index (χ1) is 10.4. The molecule has 22 heavy (non-hydrogen) atoms. The Hall–Kier alpha value is -2.46. The Morgan fingerprint density at radius 2 is 2.27 bits per heavy atom. The highest BCUT2D eigenvalue weighted by Gasteiger charge is 2.47. The van der Waals surface area contributed by atoms with Crippen LogP contribution in [0.3, 0.4) is 0 Å². The fraction of sp³-hybridized carbons (Fsp3) is 0.333. The van der Waals surface area contributed by atoms with Crippen LogP contribution in [-0.2, 0) is 0 Å². The van der Waals surface area contributed by atoms with Crippen LogP contribution in [0.5, 0.6) is 0 Å². The molecule has 2 aromatic rings. The summed E-state index contributed by atoms with van der Waals surface area (Å²) in [6, 6.07) is 3.92. The van der Waals surface area contributed by atoms with Crippen molar-refractivity contribution >= 4 is 28.0 Å². The molecule has 1 aromatic heterocycles. The zero-order valence-electron chi connectivity index (χ0n) is 12.0. The maximum atomic E-state index is 14.0. The van der Waals surface area contributed by atoms with Crippen molar-refractivity contribution in [1.82, 2.24) is 9.88 Å². The molecule has 0 amide bonds. The zero-order chi connectivity index (χ0) is 15.9. The molecule has 0 bridgehead atoms. The number of fused-ring (bicyclic) bond motifs is 1. The van der Waals surface area contributed by atoms with E-state index in [1.54, 1.807) is 30.1 Å². The number of likely N-dealkylation sites (tertiary alicyclic amines) is 1. The maximum Gasteiger partial charge on any atom is 0.281 e. The fourth-order valence-corrected chi connectivity index (χ4v) is 2.73. The van der Waals surface area contributed by atoms with Gasteiger partial charge in [-0.1, -0.05) is 6.07 Å². The van der Waals surface area contributed by atoms with Gasteiger partial charge in [-0.2, -0.15) is 0 Å². The first-order valence-electron chi connectivity index (χ1n) is 6.79. The molecule has 0 radical (unpaired) electrons. The third-order valence-corrected chi connectivity index (χ3v) is 3.81. The van der Waals surface area contributed by atoms with E-state index in [1.807, 2.05) is 0 Å². The number of hydrogen-bond donors (Lipinski definition) is 2. The van der Waals surface area contributed by atoms with Gasteiger partial charge < -0.3 is 11.1 Å². The molecule has 0 spiro atoms. The van der Waals surface area contributed by atoms with Gasteiger partial charge in [0.1, 0.15) is 6.04 Å². The molecule has 1 aliphatic heterocycles. The minimum atomic E-state index is -2.84. The Morgan fingerprint density at radius 3 is 2.91 bits per heavy atom. The molecule has 7 heteroatoms. The highest BCUT2D eigenvalue weighted by Crippen LogP contribution is 2.35. The first kappa shape index (κ1) is 14.5. The van der Waals surface area contributed by atoms with Crippen molar-refractivity contribution in [1.29, 1.82) is 0 Å². The number of halogens is 2. The summed E-state index contributed by atoms with van der Waals surface area (Å²) in [6.07, 6.45) is 1.44. The van der Waals surface area contributed by atoms with Crippen molar-refractivity contribution in [2.24, 2.45) is 0 Å². The number of nitrogens with one attached hydrogen (secondary N) is 1. The van der Waals surface area contributed by atoms with Gasteiger partial charge in [0.15, 0.2) is 5.69 Å². The van der Waals surface area contributed by atoms with Gasteiger partial charge in [-0.3, -0.25) is 9.88 Å². The molecule has 2 heterocycles. The molecule has 0 saturated carbocycles. The molecule has 114 valence electrons. The molecular formula is C15H15F2N5. The molecule has 3 rings (SSSR count). The Morgan fingerprint density at radius 1 is 1.50 bits per heavy atom. The SMILES string of the molecule is [C-]#[N+]c1ccc2ncc(N)c(NC3CN(C)CC3(F)F)c2c1. The number of nitrogens with two attached hydrogens (primary N) is 1. The lowest BCUT2D eigenvalue weighted by Crippen LogP contribution is -2.38. The van der Waals surface area contributed by atoms with Crippen LogP contribution in [0.2, 0.25) is 0 Å². The normalized spacial score (nSPS) is 20.9. The number of nitrogens with zero attached hydrogens (tertiary/aromatic N) is 3. The summed E-state index contributed by atoms with van der Waals surface area (Å²) in [7, 11) is 1.65. The highest BCUT2D eigenvalue weighted by molar-refractivity contribution is 5.98. The van der Waals surface area contributed by atoms with Crippen molar-refractivity contribution in [3.8, 4) is 0 Å². The number of anilines is 2. The average Bonchev–Trinajstić information content (AvgIpc) is 2.73. The number of hydrogen-bond acceptors (Lipinski definition) is 4. The van der Waals surface area contributed by atoms with Gasteiger partial charge in [0.05, 0.1) is 36.2 Å². The topological polar surface area (TPSA) is 58.5 Å². The number of aromatic nitrogens is 1. The third kappa shape index (κ3) is 2.42. The van der Waals surface area contributed by atoms with E-state index < -0.39 is 12.0 Å². The van der Waals surface area contributed by atoms with Gasteiger partial charge in [0.2, 0.25) is 0 Å². The first-order valence-corrected chi connectivity index (χ1v) is 6.79. The van der Waals surface area contributed by atoms with E-state index >= 15 is 0 Å². The van der Waals surface area contributed by atoms with E-state index in [9.17, 15) is 8.78 Å². The molecule has 1 aliphatic rings. The van der Waals surface area contributed by atoms with Crippen LogP contribution >= 0.6 is 0 Å². The summed E-state index contributed by atoms with van der Waals surface area (Å²) < 4.78 is 28.0. The second-order valence-electron chi connectivity index (χ2n) is 5.56. The van der Waals surface area contributed by atoms with Crippen LogP contribution in [-0.4, -0.2) is 42.0 Å². The van der Waals surface area contributed by atoms with Gasteiger partial charge in [-0.25, -0.2) is 13.6 Å². The lowest BCUT2D eigenvalue weighted by molar-refractivity contribution is 0.00610. The zero-order valence-corrected chi connectivity index (χ0v) is 12.0. The van der Waals surface area contributed by atoms with Crippen molar-refractivity contribution in [2.45, 2.75) is 12.0 Å². The number of likely N-dealkylation sites (N-methyl/N-ethyl adjacent to an activating group) is 1. The predicted molar refractivity (Wildman–Crippen MR) is 82.3 cm³/mol. The van der Waals surface area contributed by atoms with Gasteiger partial charge in [-0.15, -0.1) is 0 Å². The Bertz CT molecular complexity index is 768. The van der Waals surface area contributed by atoms with Crippen molar-refractivity contribution in [2.75, 3.05) is 31.2 Å². The largest absolute Gasteiger partial charge is 0.396 e. The Balaban J connectivity index is 2.06. The molecule has 5 nitrogen and oxygen atoms in total. The second-order valence-corrected chi connectivity index (χ2v) is 5.56. The van der Waals surface area contributed by atoms with Crippen LogP contribution in [0.4, 0.5) is 25.8 Å². The van der Waals surface area contributed by atoms with E-state index in [2.05, 4.69) is 15.1 Å². The lowest BCUT2D eigenvalue weighted by atomic mass is 10.1. The van der Waals surface area contributed by atoms with Gasteiger partial charge in [0, 0.05) is 11.9 Å². The van der Waals surface area contributed by atoms with Gasteiger partial charge >= 0.3 is 0 Å². The van der Waals surface area contributed by atoms with Gasteiger partial charge in [0.25, 0.3) is 5.92 Å². The van der Waals surface area contributed by atoms with Crippen LogP contribution in [0.1, 0.15) is 0 Å². The summed E-state index contributed by atoms with van der Waals surface area (Å²) in [6.45, 7) is 7.01. The molecule has 1 unspecified atom stereocenters. The predicted octanol–water partition coefficient (Wildman–Crippen LogP) is 2.73. The number of rotatable bonds is 2. The summed E-state index contributed by atoms with van der Waals surface area (Å²) in [5, 5.41) is 3.45. The van der Waals surface area contributed by atoms with Crippen molar-refractivity contribution in [3.05, 3.63) is 35.8 Å². The fourth-order valence-electron chi connectivity index (χ4n) is 2.73.